The van der Waals surface area contributed by atoms with Crippen molar-refractivity contribution in [3.63, 3.8) is 0 Å². The van der Waals surface area contributed by atoms with E-state index in [0.717, 1.165) is 10.5 Å². The van der Waals surface area contributed by atoms with E-state index < -0.39 is 29.4 Å². The van der Waals surface area contributed by atoms with Gasteiger partial charge in [-0.05, 0) is 48.2 Å². The van der Waals surface area contributed by atoms with Gasteiger partial charge in [0.2, 0.25) is 5.91 Å². The zero-order valence-corrected chi connectivity index (χ0v) is 18.0. The number of likely N-dealkylation sites (tertiary alicyclic amines) is 1. The first kappa shape index (κ1) is 22.2. The van der Waals surface area contributed by atoms with Gasteiger partial charge in [0.25, 0.3) is 5.91 Å². The van der Waals surface area contributed by atoms with Crippen molar-refractivity contribution < 1.29 is 23.9 Å². The number of hydrogen-bond acceptors (Lipinski definition) is 4. The molecule has 2 aromatic carbocycles. The van der Waals surface area contributed by atoms with Gasteiger partial charge < -0.3 is 15.3 Å². The molecule has 7 nitrogen and oxygen atoms in total. The number of hydrogen-bond donors (Lipinski definition) is 2. The molecule has 4 amide bonds. The van der Waals surface area contributed by atoms with Gasteiger partial charge >= 0.3 is 6.03 Å². The number of rotatable bonds is 5. The predicted octanol–water partition coefficient (Wildman–Crippen LogP) is 2.80. The minimum Gasteiger partial charge on any atom is -0.385 e. The maximum atomic E-state index is 13.4. The van der Waals surface area contributed by atoms with Crippen molar-refractivity contribution in [3.05, 3.63) is 70.5 Å². The lowest BCUT2D eigenvalue weighted by molar-refractivity contribution is -0.139. The zero-order valence-electron chi connectivity index (χ0n) is 17.3. The molecule has 0 radical (unpaired) electrons. The zero-order chi connectivity index (χ0) is 22.9. The van der Waals surface area contributed by atoms with Crippen LogP contribution in [0.1, 0.15) is 30.4 Å². The van der Waals surface area contributed by atoms with Crippen LogP contribution in [0.2, 0.25) is 5.02 Å². The summed E-state index contributed by atoms with van der Waals surface area (Å²) in [5.41, 5.74) is 0.193. The molecule has 9 heteroatoms. The van der Waals surface area contributed by atoms with Crippen molar-refractivity contribution in [1.29, 1.82) is 0 Å². The molecule has 4 rings (SSSR count). The Kier molecular flexibility index (Phi) is 6.17. The van der Waals surface area contributed by atoms with E-state index in [9.17, 15) is 23.9 Å². The molecule has 0 aromatic heterocycles. The van der Waals surface area contributed by atoms with E-state index >= 15 is 0 Å². The Morgan fingerprint density at radius 3 is 2.50 bits per heavy atom. The molecule has 168 valence electrons. The molecule has 2 saturated heterocycles. The molecule has 0 aliphatic carbocycles. The Hall–Kier alpha value is -2.97. The SMILES string of the molecule is O=C(C[C@H]1NC(=O)N(Cc2cccc(F)c2)C1=O)N1CCC(O)(c2ccc(Cl)cc2)CC1. The highest BCUT2D eigenvalue weighted by Gasteiger charge is 2.41. The molecule has 1 atom stereocenters. The molecule has 0 unspecified atom stereocenters. The lowest BCUT2D eigenvalue weighted by Gasteiger charge is -2.38. The summed E-state index contributed by atoms with van der Waals surface area (Å²) < 4.78 is 13.4. The number of imide groups is 1. The molecular formula is C23H23ClFN3O4. The molecule has 2 heterocycles. The molecular weight excluding hydrogens is 437 g/mol. The second kappa shape index (κ2) is 8.88. The first-order valence-electron chi connectivity index (χ1n) is 10.4. The summed E-state index contributed by atoms with van der Waals surface area (Å²) >= 11 is 5.91. The molecule has 0 saturated carbocycles. The third kappa shape index (κ3) is 4.61. The van der Waals surface area contributed by atoms with Crippen LogP contribution in [-0.2, 0) is 21.7 Å². The summed E-state index contributed by atoms with van der Waals surface area (Å²) in [6.07, 6.45) is 0.553. The number of urea groups is 1. The Balaban J connectivity index is 1.34. The minimum atomic E-state index is -1.04. The summed E-state index contributed by atoms with van der Waals surface area (Å²) in [6.45, 7) is 0.602. The lowest BCUT2D eigenvalue weighted by atomic mass is 9.84. The van der Waals surface area contributed by atoms with Gasteiger partial charge in [-0.2, -0.15) is 0 Å². The fourth-order valence-corrected chi connectivity index (χ4v) is 4.29. The van der Waals surface area contributed by atoms with Crippen LogP contribution in [0, 0.1) is 5.82 Å². The number of halogens is 2. The summed E-state index contributed by atoms with van der Waals surface area (Å²) in [5.74, 6) is -1.23. The van der Waals surface area contributed by atoms with Crippen molar-refractivity contribution in [2.75, 3.05) is 13.1 Å². The summed E-state index contributed by atoms with van der Waals surface area (Å²) in [6, 6.07) is 11.1. The average molecular weight is 460 g/mol. The number of piperidine rings is 1. The Labute approximate surface area is 189 Å². The smallest absolute Gasteiger partial charge is 0.325 e. The molecule has 2 N–H and O–H groups in total. The number of nitrogens with one attached hydrogen (secondary N) is 1. The number of aliphatic hydroxyl groups is 1. The van der Waals surface area contributed by atoms with Gasteiger partial charge in [-0.1, -0.05) is 35.9 Å². The van der Waals surface area contributed by atoms with E-state index in [1.165, 1.54) is 18.2 Å². The first-order valence-corrected chi connectivity index (χ1v) is 10.8. The highest BCUT2D eigenvalue weighted by molar-refractivity contribution is 6.30. The largest absolute Gasteiger partial charge is 0.385 e. The highest BCUT2D eigenvalue weighted by Crippen LogP contribution is 2.33. The van der Waals surface area contributed by atoms with Gasteiger partial charge in [-0.25, -0.2) is 9.18 Å². The quantitative estimate of drug-likeness (QED) is 0.673. The predicted molar refractivity (Wildman–Crippen MR) is 115 cm³/mol. The van der Waals surface area contributed by atoms with Crippen LogP contribution < -0.4 is 5.32 Å². The van der Waals surface area contributed by atoms with Crippen molar-refractivity contribution in [3.8, 4) is 0 Å². The number of benzene rings is 2. The van der Waals surface area contributed by atoms with Crippen molar-refractivity contribution >= 4 is 29.4 Å². The van der Waals surface area contributed by atoms with E-state index in [-0.39, 0.29) is 18.9 Å². The van der Waals surface area contributed by atoms with Crippen LogP contribution in [0.25, 0.3) is 0 Å². The van der Waals surface area contributed by atoms with E-state index in [4.69, 9.17) is 11.6 Å². The number of carbonyl (C=O) groups is 3. The van der Waals surface area contributed by atoms with E-state index in [2.05, 4.69) is 5.32 Å². The molecule has 0 spiro atoms. The molecule has 2 fully saturated rings. The van der Waals surface area contributed by atoms with Crippen LogP contribution in [-0.4, -0.2) is 51.9 Å². The minimum absolute atomic E-state index is 0.0645. The van der Waals surface area contributed by atoms with Gasteiger partial charge in [-0.15, -0.1) is 0 Å². The Morgan fingerprint density at radius 2 is 1.84 bits per heavy atom. The summed E-state index contributed by atoms with van der Waals surface area (Å²) in [5, 5.41) is 14.1. The summed E-state index contributed by atoms with van der Waals surface area (Å²) in [4.78, 5) is 40.3. The Bertz CT molecular complexity index is 1040. The molecule has 2 aromatic rings. The molecule has 32 heavy (non-hydrogen) atoms. The van der Waals surface area contributed by atoms with Crippen molar-refractivity contribution in [1.82, 2.24) is 15.1 Å². The van der Waals surface area contributed by atoms with Gasteiger partial charge in [-0.3, -0.25) is 14.5 Å². The highest BCUT2D eigenvalue weighted by atomic mass is 35.5. The standard InChI is InChI=1S/C23H23ClFN3O4/c24-17-6-4-16(5-7-17)23(32)8-10-27(11-9-23)20(29)13-19-21(30)28(22(31)26-19)14-15-2-1-3-18(25)12-15/h1-7,12,19,32H,8-11,13-14H2,(H,26,31)/t19-/m1/s1. The third-order valence-electron chi connectivity index (χ3n) is 6.04. The van der Waals surface area contributed by atoms with E-state index in [1.54, 1.807) is 35.2 Å². The van der Waals surface area contributed by atoms with Crippen molar-refractivity contribution in [2.45, 2.75) is 37.5 Å². The molecule has 2 aliphatic rings. The van der Waals surface area contributed by atoms with Gasteiger partial charge in [0.15, 0.2) is 0 Å². The summed E-state index contributed by atoms with van der Waals surface area (Å²) in [7, 11) is 0. The number of carbonyl (C=O) groups excluding carboxylic acids is 3. The second-order valence-corrected chi connectivity index (χ2v) is 8.62. The fourth-order valence-electron chi connectivity index (χ4n) is 4.16. The van der Waals surface area contributed by atoms with Crippen LogP contribution in [0.3, 0.4) is 0 Å². The molecule has 0 bridgehead atoms. The normalized spacial score (nSPS) is 20.4. The van der Waals surface area contributed by atoms with Gasteiger partial charge in [0.1, 0.15) is 11.9 Å². The molecule has 2 aliphatic heterocycles. The number of nitrogens with zero attached hydrogens (tertiary/aromatic N) is 2. The first-order chi connectivity index (χ1) is 15.2. The van der Waals surface area contributed by atoms with Gasteiger partial charge in [0, 0.05) is 18.1 Å². The Morgan fingerprint density at radius 1 is 1.16 bits per heavy atom. The van der Waals surface area contributed by atoms with E-state index in [1.807, 2.05) is 0 Å². The maximum absolute atomic E-state index is 13.4. The average Bonchev–Trinajstić information content (AvgIpc) is 3.02. The van der Waals surface area contributed by atoms with Crippen LogP contribution >= 0.6 is 11.6 Å². The monoisotopic (exact) mass is 459 g/mol. The number of amides is 4. The second-order valence-electron chi connectivity index (χ2n) is 8.18. The van der Waals surface area contributed by atoms with Crippen LogP contribution in [0.15, 0.2) is 48.5 Å². The maximum Gasteiger partial charge on any atom is 0.325 e. The van der Waals surface area contributed by atoms with Crippen LogP contribution in [0.4, 0.5) is 9.18 Å². The van der Waals surface area contributed by atoms with Crippen molar-refractivity contribution in [2.24, 2.45) is 0 Å². The van der Waals surface area contributed by atoms with Gasteiger partial charge in [0.05, 0.1) is 18.6 Å². The third-order valence-corrected chi connectivity index (χ3v) is 6.29. The van der Waals surface area contributed by atoms with E-state index in [0.29, 0.717) is 36.5 Å². The topological polar surface area (TPSA) is 90.0 Å². The lowest BCUT2D eigenvalue weighted by Crippen LogP contribution is -2.47. The fraction of sp³-hybridized carbons (Fsp3) is 0.348. The van der Waals surface area contributed by atoms with Crippen LogP contribution in [0.5, 0.6) is 0 Å².